The lowest BCUT2D eigenvalue weighted by molar-refractivity contribution is -0.335. The van der Waals surface area contributed by atoms with Crippen LogP contribution in [0.4, 0.5) is 5.69 Å². The summed E-state index contributed by atoms with van der Waals surface area (Å²) in [5, 5.41) is 36.6. The highest BCUT2D eigenvalue weighted by Crippen LogP contribution is 2.79. The number of likely N-dealkylation sites (N-methyl/N-ethyl adjacent to an activating group) is 1. The standard InChI is InChI=1S/C29H40N2O7/c1-4-31-14-26(38-25(33)15-7-5-6-8-18(15)30)10-9-22(37-3)28-20(26)12-17(23(28)31)27(34)13-19(36-2)16-11-21(28)29(27,35)24(16)32/h5-8,16-17,19-24,32,34-35H,4,9-14,30H2,1-3H3/t16-,17+,19+,20-,21+,22+,23-,24+,26-,27+,28+,29+/m1/s1. The first-order valence-electron chi connectivity index (χ1n) is 14.1. The van der Waals surface area contributed by atoms with Crippen LogP contribution in [0.25, 0.3) is 0 Å². The third kappa shape index (κ3) is 2.58. The number of ether oxygens (including phenoxy) is 3. The van der Waals surface area contributed by atoms with Gasteiger partial charge in [0.15, 0.2) is 0 Å². The Morgan fingerprint density at radius 1 is 1.16 bits per heavy atom. The smallest absolute Gasteiger partial charge is 0.340 e. The fraction of sp³-hybridized carbons (Fsp3) is 0.759. The third-order valence-electron chi connectivity index (χ3n) is 12.1. The van der Waals surface area contributed by atoms with Crippen LogP contribution in [0.3, 0.4) is 0 Å². The van der Waals surface area contributed by atoms with Crippen molar-refractivity contribution in [2.75, 3.05) is 33.0 Å². The van der Waals surface area contributed by atoms with E-state index in [1.165, 1.54) is 0 Å². The SMILES string of the molecule is CCN1C[C@]2(OC(=O)c3ccccc3N)CC[C@H](OC)[C@@]34[C@@H]2C[C@@H]([C@@H]13)[C@@]1(O)C[C@H](OC)[C@H]2C[C@@H]4[C@]1(O)[C@H]2O. The van der Waals surface area contributed by atoms with Gasteiger partial charge in [-0.3, -0.25) is 4.90 Å². The molecule has 1 aliphatic heterocycles. The molecule has 6 fully saturated rings. The van der Waals surface area contributed by atoms with Crippen molar-refractivity contribution in [1.82, 2.24) is 4.90 Å². The van der Waals surface area contributed by atoms with Crippen molar-refractivity contribution in [2.24, 2.45) is 29.1 Å². The number of nitrogens with zero attached hydrogens (tertiary/aromatic N) is 1. The van der Waals surface area contributed by atoms with E-state index in [0.717, 1.165) is 0 Å². The van der Waals surface area contributed by atoms with Gasteiger partial charge in [-0.2, -0.15) is 0 Å². The van der Waals surface area contributed by atoms with Crippen LogP contribution in [0, 0.1) is 29.1 Å². The van der Waals surface area contributed by atoms with Gasteiger partial charge in [0, 0.05) is 68.0 Å². The van der Waals surface area contributed by atoms with Crippen LogP contribution < -0.4 is 5.73 Å². The van der Waals surface area contributed by atoms with Crippen molar-refractivity contribution in [3.63, 3.8) is 0 Å². The summed E-state index contributed by atoms with van der Waals surface area (Å²) >= 11 is 0. The molecule has 0 radical (unpaired) electrons. The Morgan fingerprint density at radius 3 is 2.61 bits per heavy atom. The third-order valence-corrected chi connectivity index (χ3v) is 12.1. The maximum Gasteiger partial charge on any atom is 0.340 e. The highest BCUT2D eigenvalue weighted by molar-refractivity contribution is 5.95. The molecule has 1 heterocycles. The topological polar surface area (TPSA) is 135 Å². The monoisotopic (exact) mass is 528 g/mol. The Morgan fingerprint density at radius 2 is 1.92 bits per heavy atom. The van der Waals surface area contributed by atoms with Gasteiger partial charge in [-0.1, -0.05) is 19.1 Å². The number of hydrogen-bond donors (Lipinski definition) is 4. The Bertz CT molecular complexity index is 1170. The molecular formula is C29H40N2O7. The number of nitrogen functional groups attached to an aromatic ring is 1. The van der Waals surface area contributed by atoms with Crippen LogP contribution in [-0.2, 0) is 14.2 Å². The second-order valence-electron chi connectivity index (χ2n) is 12.8. The van der Waals surface area contributed by atoms with Crippen molar-refractivity contribution in [3.05, 3.63) is 29.8 Å². The maximum absolute atomic E-state index is 13.6. The van der Waals surface area contributed by atoms with Crippen LogP contribution in [0.2, 0.25) is 0 Å². The van der Waals surface area contributed by atoms with Gasteiger partial charge < -0.3 is 35.3 Å². The van der Waals surface area contributed by atoms with Gasteiger partial charge in [-0.05, 0) is 44.4 Å². The molecule has 5 aliphatic carbocycles. The average molecular weight is 529 g/mol. The molecule has 208 valence electrons. The van der Waals surface area contributed by atoms with Crippen LogP contribution in [0.15, 0.2) is 24.3 Å². The van der Waals surface area contributed by atoms with E-state index in [9.17, 15) is 20.1 Å². The van der Waals surface area contributed by atoms with E-state index in [1.54, 1.807) is 38.5 Å². The number of carbonyl (C=O) groups is 1. The number of aliphatic hydroxyl groups is 3. The molecule has 38 heavy (non-hydrogen) atoms. The minimum absolute atomic E-state index is 0.0618. The summed E-state index contributed by atoms with van der Waals surface area (Å²) < 4.78 is 18.6. The minimum Gasteiger partial charge on any atom is -0.454 e. The van der Waals surface area contributed by atoms with E-state index < -0.39 is 40.2 Å². The lowest BCUT2D eigenvalue weighted by atomic mass is 9.44. The number of carbonyl (C=O) groups excluding carboxylic acids is 1. The van der Waals surface area contributed by atoms with E-state index in [4.69, 9.17) is 19.9 Å². The molecule has 1 spiro atoms. The highest BCUT2D eigenvalue weighted by Gasteiger charge is 2.88. The van der Waals surface area contributed by atoms with E-state index >= 15 is 0 Å². The summed E-state index contributed by atoms with van der Waals surface area (Å²) in [7, 11) is 3.35. The molecule has 1 aromatic rings. The fourth-order valence-corrected chi connectivity index (χ4v) is 11.0. The number of para-hydroxylation sites is 1. The van der Waals surface area contributed by atoms with Crippen molar-refractivity contribution in [1.29, 1.82) is 0 Å². The summed E-state index contributed by atoms with van der Waals surface area (Å²) in [6.45, 7) is 3.37. The van der Waals surface area contributed by atoms with Gasteiger partial charge in [0.2, 0.25) is 0 Å². The number of anilines is 1. The van der Waals surface area contributed by atoms with Crippen molar-refractivity contribution < 1.29 is 34.3 Å². The van der Waals surface area contributed by atoms with Crippen LogP contribution in [0.1, 0.15) is 49.4 Å². The second-order valence-corrected chi connectivity index (χ2v) is 12.8. The maximum atomic E-state index is 13.6. The van der Waals surface area contributed by atoms with E-state index in [2.05, 4.69) is 11.8 Å². The van der Waals surface area contributed by atoms with Crippen molar-refractivity contribution in [2.45, 2.75) is 80.2 Å². The van der Waals surface area contributed by atoms with E-state index in [-0.39, 0.29) is 42.4 Å². The Labute approximate surface area is 223 Å². The van der Waals surface area contributed by atoms with Crippen LogP contribution in [-0.4, -0.2) is 94.7 Å². The van der Waals surface area contributed by atoms with Crippen molar-refractivity contribution in [3.8, 4) is 0 Å². The average Bonchev–Trinajstić information content (AvgIpc) is 3.30. The first-order chi connectivity index (χ1) is 18.1. The molecule has 7 rings (SSSR count). The Hall–Kier alpha value is -1.75. The number of nitrogens with two attached hydrogens (primary N) is 1. The Balaban J connectivity index is 1.41. The predicted octanol–water partition coefficient (Wildman–Crippen LogP) is 1.19. The number of likely N-dealkylation sites (tertiary alicyclic amines) is 1. The lowest BCUT2D eigenvalue weighted by Gasteiger charge is -2.70. The number of esters is 1. The quantitative estimate of drug-likeness (QED) is 0.328. The zero-order valence-electron chi connectivity index (χ0n) is 22.4. The summed E-state index contributed by atoms with van der Waals surface area (Å²) in [5.74, 6) is -1.59. The van der Waals surface area contributed by atoms with Crippen LogP contribution in [0.5, 0.6) is 0 Å². The lowest BCUT2D eigenvalue weighted by Crippen LogP contribution is -2.83. The molecule has 12 atom stereocenters. The number of hydrogen-bond acceptors (Lipinski definition) is 9. The Kier molecular flexibility index (Phi) is 5.26. The fourth-order valence-electron chi connectivity index (χ4n) is 11.0. The molecule has 7 bridgehead atoms. The molecule has 1 aromatic carbocycles. The van der Waals surface area contributed by atoms with Crippen molar-refractivity contribution >= 4 is 11.7 Å². The highest BCUT2D eigenvalue weighted by atomic mass is 16.6. The van der Waals surface area contributed by atoms with E-state index in [0.29, 0.717) is 50.0 Å². The normalized spacial score (nSPS) is 52.2. The molecule has 0 amide bonds. The molecule has 0 aromatic heterocycles. The first-order valence-corrected chi connectivity index (χ1v) is 14.1. The number of benzene rings is 1. The zero-order chi connectivity index (χ0) is 26.8. The van der Waals surface area contributed by atoms with Gasteiger partial charge >= 0.3 is 5.97 Å². The number of rotatable bonds is 5. The molecule has 5 N–H and O–H groups in total. The zero-order valence-corrected chi connectivity index (χ0v) is 22.4. The van der Waals surface area contributed by atoms with E-state index in [1.807, 2.05) is 0 Å². The molecule has 6 aliphatic rings. The largest absolute Gasteiger partial charge is 0.454 e. The minimum atomic E-state index is -1.67. The second kappa shape index (κ2) is 7.92. The van der Waals surface area contributed by atoms with Gasteiger partial charge in [0.1, 0.15) is 16.8 Å². The predicted molar refractivity (Wildman–Crippen MR) is 137 cm³/mol. The number of methoxy groups -OCH3 is 2. The molecule has 9 heteroatoms. The van der Waals surface area contributed by atoms with Gasteiger partial charge in [0.25, 0.3) is 0 Å². The molecular weight excluding hydrogens is 488 g/mol. The summed E-state index contributed by atoms with van der Waals surface area (Å²) in [5.41, 5.74) is 2.29. The van der Waals surface area contributed by atoms with Gasteiger partial charge in [0.05, 0.1) is 23.9 Å². The summed E-state index contributed by atoms with van der Waals surface area (Å²) in [4.78, 5) is 16.0. The molecule has 9 nitrogen and oxygen atoms in total. The number of aliphatic hydroxyl groups excluding tert-OH is 1. The number of piperidine rings is 1. The first kappa shape index (κ1) is 25.2. The summed E-state index contributed by atoms with van der Waals surface area (Å²) in [6, 6.07) is 6.91. The summed E-state index contributed by atoms with van der Waals surface area (Å²) in [6.07, 6.45) is 1.08. The molecule has 1 saturated heterocycles. The number of fused-ring (bicyclic) bond motifs is 2. The van der Waals surface area contributed by atoms with Crippen LogP contribution >= 0.6 is 0 Å². The van der Waals surface area contributed by atoms with Gasteiger partial charge in [-0.15, -0.1) is 0 Å². The van der Waals surface area contributed by atoms with Gasteiger partial charge in [-0.25, -0.2) is 4.79 Å². The molecule has 5 saturated carbocycles. The molecule has 0 unspecified atom stereocenters.